The van der Waals surface area contributed by atoms with Crippen LogP contribution in [0.25, 0.3) is 5.69 Å². The molecule has 0 bridgehead atoms. The van der Waals surface area contributed by atoms with Crippen LogP contribution in [0.1, 0.15) is 21.5 Å². The van der Waals surface area contributed by atoms with E-state index < -0.39 is 0 Å². The third kappa shape index (κ3) is 4.30. The number of nitrogens with zero attached hydrogens (tertiary/aromatic N) is 4. The minimum atomic E-state index is -0.136. The van der Waals surface area contributed by atoms with Crippen LogP contribution in [0.4, 0.5) is 0 Å². The van der Waals surface area contributed by atoms with Crippen molar-refractivity contribution in [2.75, 3.05) is 14.1 Å². The molecule has 25 heavy (non-hydrogen) atoms. The maximum atomic E-state index is 12.6. The van der Waals surface area contributed by atoms with E-state index in [-0.39, 0.29) is 5.91 Å². The summed E-state index contributed by atoms with van der Waals surface area (Å²) in [5.74, 6) is -0.136. The van der Waals surface area contributed by atoms with Gasteiger partial charge in [0.15, 0.2) is 0 Å². The third-order valence-corrected chi connectivity index (χ3v) is 3.79. The number of para-hydroxylation sites is 1. The Morgan fingerprint density at radius 2 is 1.80 bits per heavy atom. The average molecular weight is 335 g/mol. The van der Waals surface area contributed by atoms with Crippen LogP contribution in [-0.4, -0.2) is 39.9 Å². The topological polar surface area (TPSA) is 63.1 Å². The zero-order valence-electron chi connectivity index (χ0n) is 14.4. The van der Waals surface area contributed by atoms with Gasteiger partial charge in [0.05, 0.1) is 23.6 Å². The standard InChI is InChI=1S/C19H21N5O/c1-23(2)14-16-9-7-15(8-10-16)13-20-19(25)17-5-3-4-6-18(17)24-12-11-21-22-24/h3-12H,13-14H2,1-2H3,(H,20,25). The first-order valence-corrected chi connectivity index (χ1v) is 8.10. The Morgan fingerprint density at radius 1 is 1.08 bits per heavy atom. The minimum absolute atomic E-state index is 0.136. The molecule has 0 atom stereocenters. The van der Waals surface area contributed by atoms with Gasteiger partial charge in [-0.1, -0.05) is 41.6 Å². The van der Waals surface area contributed by atoms with Gasteiger partial charge in [-0.25, -0.2) is 4.68 Å². The second-order valence-corrected chi connectivity index (χ2v) is 6.10. The van der Waals surface area contributed by atoms with Crippen LogP contribution < -0.4 is 5.32 Å². The second-order valence-electron chi connectivity index (χ2n) is 6.10. The van der Waals surface area contributed by atoms with Crippen molar-refractivity contribution in [2.24, 2.45) is 0 Å². The summed E-state index contributed by atoms with van der Waals surface area (Å²) in [6.07, 6.45) is 3.31. The molecule has 0 fully saturated rings. The van der Waals surface area contributed by atoms with Crippen LogP contribution in [0.3, 0.4) is 0 Å². The lowest BCUT2D eigenvalue weighted by Gasteiger charge is -2.11. The molecule has 1 N–H and O–H groups in total. The summed E-state index contributed by atoms with van der Waals surface area (Å²) in [5.41, 5.74) is 3.58. The molecule has 0 aliphatic heterocycles. The van der Waals surface area contributed by atoms with Crippen LogP contribution in [0, 0.1) is 0 Å². The van der Waals surface area contributed by atoms with E-state index in [4.69, 9.17) is 0 Å². The van der Waals surface area contributed by atoms with Gasteiger partial charge < -0.3 is 10.2 Å². The molecule has 0 spiro atoms. The Bertz CT molecular complexity index is 825. The first kappa shape index (κ1) is 16.9. The van der Waals surface area contributed by atoms with Gasteiger partial charge in [-0.15, -0.1) is 5.10 Å². The molecule has 6 nitrogen and oxygen atoms in total. The first-order chi connectivity index (χ1) is 12.1. The summed E-state index contributed by atoms with van der Waals surface area (Å²) in [4.78, 5) is 14.7. The predicted octanol–water partition coefficient (Wildman–Crippen LogP) is 2.26. The van der Waals surface area contributed by atoms with E-state index in [1.54, 1.807) is 23.1 Å². The number of amides is 1. The largest absolute Gasteiger partial charge is 0.348 e. The number of carbonyl (C=O) groups excluding carboxylic acids is 1. The van der Waals surface area contributed by atoms with Crippen LogP contribution in [-0.2, 0) is 13.1 Å². The molecule has 0 aliphatic carbocycles. The number of nitrogens with one attached hydrogen (secondary N) is 1. The SMILES string of the molecule is CN(C)Cc1ccc(CNC(=O)c2ccccc2-n2ccnn2)cc1. The van der Waals surface area contributed by atoms with Crippen molar-refractivity contribution < 1.29 is 4.79 Å². The Balaban J connectivity index is 1.67. The maximum Gasteiger partial charge on any atom is 0.253 e. The van der Waals surface area contributed by atoms with Crippen LogP contribution in [0.2, 0.25) is 0 Å². The Labute approximate surface area is 147 Å². The van der Waals surface area contributed by atoms with E-state index in [9.17, 15) is 4.79 Å². The molecule has 2 aromatic carbocycles. The van der Waals surface area contributed by atoms with Gasteiger partial charge in [-0.3, -0.25) is 4.79 Å². The van der Waals surface area contributed by atoms with E-state index in [0.717, 1.165) is 12.1 Å². The van der Waals surface area contributed by atoms with Crippen molar-refractivity contribution in [2.45, 2.75) is 13.1 Å². The van der Waals surface area contributed by atoms with Gasteiger partial charge in [-0.2, -0.15) is 0 Å². The highest BCUT2D eigenvalue weighted by molar-refractivity contribution is 5.97. The average Bonchev–Trinajstić information content (AvgIpc) is 3.15. The minimum Gasteiger partial charge on any atom is -0.348 e. The highest BCUT2D eigenvalue weighted by Crippen LogP contribution is 2.13. The van der Waals surface area contributed by atoms with Gasteiger partial charge in [0, 0.05) is 13.1 Å². The molecule has 0 saturated heterocycles. The quantitative estimate of drug-likeness (QED) is 0.750. The zero-order chi connectivity index (χ0) is 17.6. The summed E-state index contributed by atoms with van der Waals surface area (Å²) in [7, 11) is 4.08. The van der Waals surface area contributed by atoms with E-state index in [0.29, 0.717) is 17.8 Å². The Hall–Kier alpha value is -2.99. The van der Waals surface area contributed by atoms with Crippen molar-refractivity contribution in [3.05, 3.63) is 77.6 Å². The molecule has 0 aliphatic rings. The lowest BCUT2D eigenvalue weighted by atomic mass is 10.1. The van der Waals surface area contributed by atoms with Crippen molar-refractivity contribution in [1.29, 1.82) is 0 Å². The zero-order valence-corrected chi connectivity index (χ0v) is 14.4. The number of hydrogen-bond acceptors (Lipinski definition) is 4. The smallest absolute Gasteiger partial charge is 0.253 e. The van der Waals surface area contributed by atoms with Crippen molar-refractivity contribution in [3.63, 3.8) is 0 Å². The monoisotopic (exact) mass is 335 g/mol. The number of carbonyl (C=O) groups is 1. The molecule has 1 heterocycles. The summed E-state index contributed by atoms with van der Waals surface area (Å²) < 4.78 is 1.59. The normalized spacial score (nSPS) is 10.8. The molecule has 0 radical (unpaired) electrons. The molecule has 3 rings (SSSR count). The van der Waals surface area contributed by atoms with Gasteiger partial charge in [0.2, 0.25) is 0 Å². The third-order valence-electron chi connectivity index (χ3n) is 3.79. The molecular formula is C19H21N5O. The number of benzene rings is 2. The van der Waals surface area contributed by atoms with E-state index >= 15 is 0 Å². The molecular weight excluding hydrogens is 314 g/mol. The summed E-state index contributed by atoms with van der Waals surface area (Å²) in [6.45, 7) is 1.38. The van der Waals surface area contributed by atoms with Crippen LogP contribution in [0.5, 0.6) is 0 Å². The number of aromatic nitrogens is 3. The molecule has 3 aromatic rings. The molecule has 0 saturated carbocycles. The van der Waals surface area contributed by atoms with E-state index in [2.05, 4.69) is 32.7 Å². The number of rotatable bonds is 6. The molecule has 1 aromatic heterocycles. The predicted molar refractivity (Wildman–Crippen MR) is 96.4 cm³/mol. The molecule has 6 heteroatoms. The molecule has 128 valence electrons. The Morgan fingerprint density at radius 3 is 2.48 bits per heavy atom. The van der Waals surface area contributed by atoms with Crippen molar-refractivity contribution in [1.82, 2.24) is 25.2 Å². The summed E-state index contributed by atoms with van der Waals surface area (Å²) >= 11 is 0. The fourth-order valence-electron chi connectivity index (χ4n) is 2.61. The van der Waals surface area contributed by atoms with Gasteiger partial charge >= 0.3 is 0 Å². The molecule has 0 unspecified atom stereocenters. The first-order valence-electron chi connectivity index (χ1n) is 8.10. The van der Waals surface area contributed by atoms with Gasteiger partial charge in [0.25, 0.3) is 5.91 Å². The fraction of sp³-hybridized carbons (Fsp3) is 0.211. The van der Waals surface area contributed by atoms with Crippen molar-refractivity contribution >= 4 is 5.91 Å². The summed E-state index contributed by atoms with van der Waals surface area (Å²) in [5, 5.41) is 10.7. The molecule has 1 amide bonds. The Kier molecular flexibility index (Phi) is 5.20. The van der Waals surface area contributed by atoms with Crippen LogP contribution in [0.15, 0.2) is 60.9 Å². The highest BCUT2D eigenvalue weighted by Gasteiger charge is 2.12. The second kappa shape index (κ2) is 7.72. The van der Waals surface area contributed by atoms with E-state index in [1.807, 2.05) is 44.4 Å². The van der Waals surface area contributed by atoms with Crippen molar-refractivity contribution in [3.8, 4) is 5.69 Å². The van der Waals surface area contributed by atoms with Gasteiger partial charge in [0.1, 0.15) is 0 Å². The van der Waals surface area contributed by atoms with Gasteiger partial charge in [-0.05, 0) is 37.4 Å². The lowest BCUT2D eigenvalue weighted by Crippen LogP contribution is -2.24. The fourth-order valence-corrected chi connectivity index (χ4v) is 2.61. The van der Waals surface area contributed by atoms with E-state index in [1.165, 1.54) is 5.56 Å². The lowest BCUT2D eigenvalue weighted by molar-refractivity contribution is 0.0950. The number of hydrogen-bond donors (Lipinski definition) is 1. The van der Waals surface area contributed by atoms with Crippen LogP contribution >= 0.6 is 0 Å². The highest BCUT2D eigenvalue weighted by atomic mass is 16.1. The maximum absolute atomic E-state index is 12.6. The summed E-state index contributed by atoms with van der Waals surface area (Å²) in [6, 6.07) is 15.6.